The monoisotopic (exact) mass is 267 g/mol. The lowest BCUT2D eigenvalue weighted by Crippen LogP contribution is -2.35. The number of pyridine rings is 1. The second-order valence-electron chi connectivity index (χ2n) is 5.52. The molecule has 0 bridgehead atoms. The van der Waals surface area contributed by atoms with Crippen LogP contribution in [0.5, 0.6) is 0 Å². The van der Waals surface area contributed by atoms with E-state index in [1.165, 1.54) is 11.3 Å². The molecule has 0 aliphatic heterocycles. The third-order valence-electron chi connectivity index (χ3n) is 2.73. The predicted molar refractivity (Wildman–Crippen MR) is 82.5 cm³/mol. The van der Waals surface area contributed by atoms with Crippen molar-refractivity contribution < 1.29 is 0 Å². The second kappa shape index (κ2) is 7.00. The van der Waals surface area contributed by atoms with Crippen LogP contribution in [0.15, 0.2) is 18.5 Å². The molecule has 18 heavy (non-hydrogen) atoms. The van der Waals surface area contributed by atoms with E-state index >= 15 is 0 Å². The number of hydrogen-bond acceptors (Lipinski definition) is 4. The molecule has 0 amide bonds. The van der Waals surface area contributed by atoms with Crippen molar-refractivity contribution >= 4 is 17.4 Å². The normalized spacial score (nSPS) is 11.6. The molecule has 0 saturated carbocycles. The van der Waals surface area contributed by atoms with Crippen molar-refractivity contribution in [1.29, 1.82) is 0 Å². The van der Waals surface area contributed by atoms with Crippen LogP contribution in [-0.2, 0) is 6.54 Å². The van der Waals surface area contributed by atoms with Crippen LogP contribution >= 0.6 is 11.8 Å². The molecule has 0 spiro atoms. The van der Waals surface area contributed by atoms with Crippen LogP contribution in [0.25, 0.3) is 0 Å². The molecule has 1 rings (SSSR count). The Morgan fingerprint density at radius 3 is 2.72 bits per heavy atom. The van der Waals surface area contributed by atoms with Gasteiger partial charge in [-0.25, -0.2) is 0 Å². The molecule has 0 unspecified atom stereocenters. The summed E-state index contributed by atoms with van der Waals surface area (Å²) in [7, 11) is 2.14. The maximum atomic E-state index is 4.24. The molecule has 102 valence electrons. The third kappa shape index (κ3) is 5.27. The van der Waals surface area contributed by atoms with E-state index in [9.17, 15) is 0 Å². The SMILES string of the molecule is CSCCN(C)c1ccncc1CNC(C)(C)C. The van der Waals surface area contributed by atoms with E-state index in [0.29, 0.717) is 0 Å². The summed E-state index contributed by atoms with van der Waals surface area (Å²) in [6.07, 6.45) is 5.97. The van der Waals surface area contributed by atoms with Gasteiger partial charge in [0, 0.05) is 55.1 Å². The van der Waals surface area contributed by atoms with Crippen LogP contribution in [0.2, 0.25) is 0 Å². The van der Waals surface area contributed by atoms with Gasteiger partial charge < -0.3 is 10.2 Å². The highest BCUT2D eigenvalue weighted by Gasteiger charge is 2.12. The molecule has 1 aromatic heterocycles. The zero-order valence-electron chi connectivity index (χ0n) is 12.2. The van der Waals surface area contributed by atoms with Gasteiger partial charge in [-0.2, -0.15) is 11.8 Å². The highest BCUT2D eigenvalue weighted by molar-refractivity contribution is 7.98. The van der Waals surface area contributed by atoms with Crippen molar-refractivity contribution in [2.45, 2.75) is 32.9 Å². The van der Waals surface area contributed by atoms with Crippen molar-refractivity contribution in [3.8, 4) is 0 Å². The van der Waals surface area contributed by atoms with Crippen LogP contribution in [0.1, 0.15) is 26.3 Å². The van der Waals surface area contributed by atoms with E-state index in [1.54, 1.807) is 0 Å². The molecule has 0 aliphatic carbocycles. The maximum absolute atomic E-state index is 4.24. The zero-order valence-corrected chi connectivity index (χ0v) is 13.0. The van der Waals surface area contributed by atoms with Gasteiger partial charge in [-0.05, 0) is 33.1 Å². The molecular weight excluding hydrogens is 242 g/mol. The molecule has 0 aromatic carbocycles. The molecule has 0 atom stereocenters. The molecule has 0 fully saturated rings. The average Bonchev–Trinajstić information content (AvgIpc) is 2.33. The Bertz CT molecular complexity index is 360. The van der Waals surface area contributed by atoms with Crippen LogP contribution in [0, 0.1) is 0 Å². The summed E-state index contributed by atoms with van der Waals surface area (Å²) in [6, 6.07) is 2.10. The van der Waals surface area contributed by atoms with E-state index < -0.39 is 0 Å². The topological polar surface area (TPSA) is 28.2 Å². The first-order valence-corrected chi connectivity index (χ1v) is 7.71. The van der Waals surface area contributed by atoms with Crippen LogP contribution in [-0.4, -0.2) is 36.1 Å². The van der Waals surface area contributed by atoms with E-state index in [1.807, 2.05) is 24.2 Å². The van der Waals surface area contributed by atoms with E-state index in [4.69, 9.17) is 0 Å². The van der Waals surface area contributed by atoms with Gasteiger partial charge in [0.15, 0.2) is 0 Å². The Balaban J connectivity index is 2.72. The molecule has 1 aromatic rings. The molecule has 4 heteroatoms. The molecule has 1 N–H and O–H groups in total. The van der Waals surface area contributed by atoms with Crippen molar-refractivity contribution in [1.82, 2.24) is 10.3 Å². The second-order valence-corrected chi connectivity index (χ2v) is 6.51. The fourth-order valence-corrected chi connectivity index (χ4v) is 2.09. The van der Waals surface area contributed by atoms with Gasteiger partial charge in [-0.1, -0.05) is 0 Å². The smallest absolute Gasteiger partial charge is 0.0440 e. The highest BCUT2D eigenvalue weighted by Crippen LogP contribution is 2.19. The maximum Gasteiger partial charge on any atom is 0.0440 e. The Morgan fingerprint density at radius 2 is 2.11 bits per heavy atom. The summed E-state index contributed by atoms with van der Waals surface area (Å²) >= 11 is 1.88. The van der Waals surface area contributed by atoms with Gasteiger partial charge >= 0.3 is 0 Å². The number of rotatable bonds is 6. The summed E-state index contributed by atoms with van der Waals surface area (Å²) in [6.45, 7) is 8.46. The Kier molecular flexibility index (Phi) is 5.96. The van der Waals surface area contributed by atoms with E-state index in [-0.39, 0.29) is 5.54 Å². The highest BCUT2D eigenvalue weighted by atomic mass is 32.2. The summed E-state index contributed by atoms with van der Waals surface area (Å²) in [4.78, 5) is 6.54. The number of aromatic nitrogens is 1. The quantitative estimate of drug-likeness (QED) is 0.858. The molecule has 1 heterocycles. The summed E-state index contributed by atoms with van der Waals surface area (Å²) < 4.78 is 0. The van der Waals surface area contributed by atoms with E-state index in [2.05, 4.69) is 55.3 Å². The van der Waals surface area contributed by atoms with Gasteiger partial charge in [-0.3, -0.25) is 4.98 Å². The molecule has 0 saturated heterocycles. The Hall–Kier alpha value is -0.740. The molecule has 0 radical (unpaired) electrons. The first-order chi connectivity index (χ1) is 8.44. The van der Waals surface area contributed by atoms with Crippen molar-refractivity contribution in [3.63, 3.8) is 0 Å². The lowest BCUT2D eigenvalue weighted by atomic mass is 10.1. The molecule has 0 aliphatic rings. The fraction of sp³-hybridized carbons (Fsp3) is 0.643. The Labute approximate surface area is 115 Å². The van der Waals surface area contributed by atoms with Gasteiger partial charge in [0.05, 0.1) is 0 Å². The van der Waals surface area contributed by atoms with Crippen molar-refractivity contribution in [2.75, 3.05) is 30.5 Å². The number of hydrogen-bond donors (Lipinski definition) is 1. The summed E-state index contributed by atoms with van der Waals surface area (Å²) in [5, 5.41) is 3.52. The van der Waals surface area contributed by atoms with Crippen LogP contribution < -0.4 is 10.2 Å². The zero-order chi connectivity index (χ0) is 13.6. The van der Waals surface area contributed by atoms with Crippen molar-refractivity contribution in [2.24, 2.45) is 0 Å². The molecule has 3 nitrogen and oxygen atoms in total. The first-order valence-electron chi connectivity index (χ1n) is 6.32. The standard InChI is InChI=1S/C14H25N3S/c1-14(2,3)16-11-12-10-15-7-6-13(12)17(4)8-9-18-5/h6-7,10,16H,8-9,11H2,1-5H3. The number of nitrogens with one attached hydrogen (secondary N) is 1. The van der Waals surface area contributed by atoms with Gasteiger partial charge in [0.25, 0.3) is 0 Å². The summed E-state index contributed by atoms with van der Waals surface area (Å²) in [5.74, 6) is 1.14. The van der Waals surface area contributed by atoms with Gasteiger partial charge in [-0.15, -0.1) is 0 Å². The lowest BCUT2D eigenvalue weighted by Gasteiger charge is -2.25. The van der Waals surface area contributed by atoms with Gasteiger partial charge in [0.1, 0.15) is 0 Å². The van der Waals surface area contributed by atoms with E-state index in [0.717, 1.165) is 18.8 Å². The Morgan fingerprint density at radius 1 is 1.39 bits per heavy atom. The largest absolute Gasteiger partial charge is 0.373 e. The average molecular weight is 267 g/mol. The van der Waals surface area contributed by atoms with Crippen LogP contribution in [0.4, 0.5) is 5.69 Å². The predicted octanol–water partition coefficient (Wildman–Crippen LogP) is 2.77. The third-order valence-corrected chi connectivity index (χ3v) is 3.32. The van der Waals surface area contributed by atoms with Gasteiger partial charge in [0.2, 0.25) is 0 Å². The van der Waals surface area contributed by atoms with Crippen LogP contribution in [0.3, 0.4) is 0 Å². The molecular formula is C14H25N3S. The van der Waals surface area contributed by atoms with Crippen molar-refractivity contribution in [3.05, 3.63) is 24.0 Å². The number of thioether (sulfide) groups is 1. The number of nitrogens with zero attached hydrogens (tertiary/aromatic N) is 2. The minimum atomic E-state index is 0.130. The first kappa shape index (κ1) is 15.3. The minimum Gasteiger partial charge on any atom is -0.373 e. The summed E-state index contributed by atoms with van der Waals surface area (Å²) in [5.41, 5.74) is 2.66. The minimum absolute atomic E-state index is 0.130. The fourth-order valence-electron chi connectivity index (χ4n) is 1.64. The lowest BCUT2D eigenvalue weighted by molar-refractivity contribution is 0.424. The number of anilines is 1.